The highest BCUT2D eigenvalue weighted by Crippen LogP contribution is 2.21. The van der Waals surface area contributed by atoms with E-state index in [1.807, 2.05) is 0 Å². The molecule has 0 N–H and O–H groups in total. The zero-order chi connectivity index (χ0) is 13.0. The van der Waals surface area contributed by atoms with E-state index in [0.29, 0.717) is 16.9 Å². The average Bonchev–Trinajstić information content (AvgIpc) is 2.41. The first kappa shape index (κ1) is 12.6. The highest BCUT2D eigenvalue weighted by molar-refractivity contribution is 6.31. The van der Waals surface area contributed by atoms with Gasteiger partial charge in [-0.3, -0.25) is 4.79 Å². The molecule has 0 saturated heterocycles. The summed E-state index contributed by atoms with van der Waals surface area (Å²) in [6.45, 7) is 0.152. The molecule has 0 fully saturated rings. The molecule has 2 aromatic rings. The van der Waals surface area contributed by atoms with Crippen LogP contribution in [0.3, 0.4) is 0 Å². The van der Waals surface area contributed by atoms with Crippen molar-refractivity contribution in [3.63, 3.8) is 0 Å². The maximum Gasteiger partial charge on any atom is 0.150 e. The van der Waals surface area contributed by atoms with Gasteiger partial charge in [0, 0.05) is 11.1 Å². The van der Waals surface area contributed by atoms with E-state index in [1.165, 1.54) is 6.07 Å². The van der Waals surface area contributed by atoms with Crippen molar-refractivity contribution in [3.8, 4) is 5.75 Å². The Balaban J connectivity index is 2.11. The van der Waals surface area contributed by atoms with Crippen LogP contribution in [0.1, 0.15) is 15.9 Å². The third-order valence-corrected chi connectivity index (χ3v) is 2.84. The summed E-state index contributed by atoms with van der Waals surface area (Å²) in [4.78, 5) is 10.6. The number of halogens is 2. The van der Waals surface area contributed by atoms with E-state index in [9.17, 15) is 9.18 Å². The van der Waals surface area contributed by atoms with Crippen LogP contribution in [0.2, 0.25) is 5.02 Å². The van der Waals surface area contributed by atoms with E-state index < -0.39 is 5.82 Å². The predicted molar refractivity (Wildman–Crippen MR) is 67.6 cm³/mol. The smallest absolute Gasteiger partial charge is 0.150 e. The molecule has 0 radical (unpaired) electrons. The molecule has 0 atom stereocenters. The van der Waals surface area contributed by atoms with Crippen molar-refractivity contribution in [2.45, 2.75) is 6.61 Å². The van der Waals surface area contributed by atoms with Gasteiger partial charge in [-0.25, -0.2) is 4.39 Å². The molecule has 0 spiro atoms. The molecule has 0 unspecified atom stereocenters. The van der Waals surface area contributed by atoms with Crippen LogP contribution in [-0.4, -0.2) is 6.29 Å². The zero-order valence-corrected chi connectivity index (χ0v) is 10.2. The SMILES string of the molecule is O=Cc1cccc(OCc2cccc(F)c2Cl)c1. The molecule has 0 amide bonds. The van der Waals surface area contributed by atoms with Crippen LogP contribution in [-0.2, 0) is 6.61 Å². The molecule has 0 aromatic heterocycles. The number of benzene rings is 2. The first-order valence-electron chi connectivity index (χ1n) is 5.31. The Morgan fingerprint density at radius 3 is 2.78 bits per heavy atom. The molecule has 2 aromatic carbocycles. The summed E-state index contributed by atoms with van der Waals surface area (Å²) in [5, 5.41) is 0.0593. The Bertz CT molecular complexity index is 569. The molecule has 18 heavy (non-hydrogen) atoms. The number of aldehydes is 1. The first-order chi connectivity index (χ1) is 8.70. The fourth-order valence-electron chi connectivity index (χ4n) is 1.50. The van der Waals surface area contributed by atoms with Crippen LogP contribution < -0.4 is 4.74 Å². The fraction of sp³-hybridized carbons (Fsp3) is 0.0714. The monoisotopic (exact) mass is 264 g/mol. The summed E-state index contributed by atoms with van der Waals surface area (Å²) in [5.74, 6) is 0.0688. The normalized spacial score (nSPS) is 10.1. The maximum absolute atomic E-state index is 13.2. The Hall–Kier alpha value is -1.87. The van der Waals surface area contributed by atoms with Gasteiger partial charge in [0.25, 0.3) is 0 Å². The lowest BCUT2D eigenvalue weighted by molar-refractivity contribution is 0.112. The van der Waals surface area contributed by atoms with Crippen molar-refractivity contribution in [2.75, 3.05) is 0 Å². The van der Waals surface area contributed by atoms with Gasteiger partial charge in [-0.15, -0.1) is 0 Å². The van der Waals surface area contributed by atoms with Crippen LogP contribution in [0.5, 0.6) is 5.75 Å². The number of hydrogen-bond donors (Lipinski definition) is 0. The molecule has 0 aliphatic carbocycles. The second-order valence-corrected chi connectivity index (χ2v) is 4.07. The number of rotatable bonds is 4. The quantitative estimate of drug-likeness (QED) is 0.784. The molecule has 92 valence electrons. The van der Waals surface area contributed by atoms with Crippen LogP contribution in [0.4, 0.5) is 4.39 Å². The van der Waals surface area contributed by atoms with Crippen LogP contribution >= 0.6 is 11.6 Å². The maximum atomic E-state index is 13.2. The minimum Gasteiger partial charge on any atom is -0.489 e. The lowest BCUT2D eigenvalue weighted by Gasteiger charge is -2.08. The standard InChI is InChI=1S/C14H10ClFO2/c15-14-11(4-2-6-13(14)16)9-18-12-5-1-3-10(7-12)8-17/h1-8H,9H2. The molecule has 4 heteroatoms. The van der Waals surface area contributed by atoms with E-state index in [4.69, 9.17) is 16.3 Å². The van der Waals surface area contributed by atoms with Crippen molar-refractivity contribution in [1.29, 1.82) is 0 Å². The number of carbonyl (C=O) groups excluding carboxylic acids is 1. The van der Waals surface area contributed by atoms with Crippen LogP contribution in [0.15, 0.2) is 42.5 Å². The van der Waals surface area contributed by atoms with Gasteiger partial charge in [-0.1, -0.05) is 35.9 Å². The Morgan fingerprint density at radius 1 is 1.22 bits per heavy atom. The third kappa shape index (κ3) is 2.87. The van der Waals surface area contributed by atoms with Crippen LogP contribution in [0.25, 0.3) is 0 Å². The summed E-state index contributed by atoms with van der Waals surface area (Å²) < 4.78 is 18.7. The third-order valence-electron chi connectivity index (χ3n) is 2.42. The first-order valence-corrected chi connectivity index (χ1v) is 5.69. The van der Waals surface area contributed by atoms with Crippen molar-refractivity contribution >= 4 is 17.9 Å². The topological polar surface area (TPSA) is 26.3 Å². The molecule has 0 heterocycles. The van der Waals surface area contributed by atoms with Crippen molar-refractivity contribution in [3.05, 3.63) is 64.4 Å². The van der Waals surface area contributed by atoms with Gasteiger partial charge in [0.1, 0.15) is 24.5 Å². The van der Waals surface area contributed by atoms with Crippen molar-refractivity contribution < 1.29 is 13.9 Å². The van der Waals surface area contributed by atoms with Gasteiger partial charge in [0.2, 0.25) is 0 Å². The number of ether oxygens (including phenoxy) is 1. The fourth-order valence-corrected chi connectivity index (χ4v) is 1.68. The van der Waals surface area contributed by atoms with Gasteiger partial charge in [-0.2, -0.15) is 0 Å². The lowest BCUT2D eigenvalue weighted by Crippen LogP contribution is -1.97. The van der Waals surface area contributed by atoms with E-state index in [1.54, 1.807) is 36.4 Å². The predicted octanol–water partition coefficient (Wildman–Crippen LogP) is 3.87. The second-order valence-electron chi connectivity index (χ2n) is 3.69. The molecular weight excluding hydrogens is 255 g/mol. The van der Waals surface area contributed by atoms with Gasteiger partial charge in [-0.05, 0) is 18.2 Å². The molecule has 2 nitrogen and oxygen atoms in total. The average molecular weight is 265 g/mol. The summed E-state index contributed by atoms with van der Waals surface area (Å²) >= 11 is 5.81. The highest BCUT2D eigenvalue weighted by Gasteiger charge is 2.06. The lowest BCUT2D eigenvalue weighted by atomic mass is 10.2. The van der Waals surface area contributed by atoms with Gasteiger partial charge < -0.3 is 4.74 Å². The summed E-state index contributed by atoms with van der Waals surface area (Å²) in [6, 6.07) is 11.3. The van der Waals surface area contributed by atoms with E-state index in [0.717, 1.165) is 6.29 Å². The Labute approximate surface area is 109 Å². The largest absolute Gasteiger partial charge is 0.489 e. The highest BCUT2D eigenvalue weighted by atomic mass is 35.5. The minimum absolute atomic E-state index is 0.0593. The summed E-state index contributed by atoms with van der Waals surface area (Å²) in [5.41, 5.74) is 1.09. The molecule has 0 bridgehead atoms. The van der Waals surface area contributed by atoms with Crippen molar-refractivity contribution in [1.82, 2.24) is 0 Å². The molecule has 2 rings (SSSR count). The van der Waals surface area contributed by atoms with Gasteiger partial charge in [0.15, 0.2) is 0 Å². The molecular formula is C14H10ClFO2. The summed E-state index contributed by atoms with van der Waals surface area (Å²) in [6.07, 6.45) is 0.738. The van der Waals surface area contributed by atoms with E-state index in [2.05, 4.69) is 0 Å². The van der Waals surface area contributed by atoms with Crippen molar-refractivity contribution in [2.24, 2.45) is 0 Å². The molecule has 0 aliphatic rings. The van der Waals surface area contributed by atoms with E-state index >= 15 is 0 Å². The summed E-state index contributed by atoms with van der Waals surface area (Å²) in [7, 11) is 0. The Kier molecular flexibility index (Phi) is 3.95. The zero-order valence-electron chi connectivity index (χ0n) is 9.40. The van der Waals surface area contributed by atoms with Gasteiger partial charge in [0.05, 0.1) is 5.02 Å². The van der Waals surface area contributed by atoms with Crippen LogP contribution in [0, 0.1) is 5.82 Å². The van der Waals surface area contributed by atoms with E-state index in [-0.39, 0.29) is 11.6 Å². The molecule has 0 saturated carbocycles. The second kappa shape index (κ2) is 5.65. The Morgan fingerprint density at radius 2 is 2.00 bits per heavy atom. The minimum atomic E-state index is -0.473. The number of hydrogen-bond acceptors (Lipinski definition) is 2. The number of carbonyl (C=O) groups is 1. The van der Waals surface area contributed by atoms with Gasteiger partial charge >= 0.3 is 0 Å². The molecule has 0 aliphatic heterocycles.